The predicted molar refractivity (Wildman–Crippen MR) is 70.9 cm³/mol. The molecule has 104 valence electrons. The van der Waals surface area contributed by atoms with Gasteiger partial charge >= 0.3 is 0 Å². The summed E-state index contributed by atoms with van der Waals surface area (Å²) in [7, 11) is 1.60. The fourth-order valence-corrected chi connectivity index (χ4v) is 2.57. The van der Waals surface area contributed by atoms with Crippen LogP contribution in [0.3, 0.4) is 0 Å². The van der Waals surface area contributed by atoms with Gasteiger partial charge in [0.15, 0.2) is 0 Å². The van der Waals surface area contributed by atoms with Crippen LogP contribution in [0.1, 0.15) is 46.0 Å². The average molecular weight is 255 g/mol. The second-order valence-electron chi connectivity index (χ2n) is 5.29. The smallest absolute Gasteiger partial charge is 0.243 e. The third-order valence-electron chi connectivity index (χ3n) is 3.57. The van der Waals surface area contributed by atoms with Crippen molar-refractivity contribution in [2.24, 2.45) is 5.73 Å². The number of carbonyl (C=O) groups excluding carboxylic acids is 2. The molecule has 0 aromatic rings. The molecule has 2 amide bonds. The van der Waals surface area contributed by atoms with E-state index in [4.69, 9.17) is 5.73 Å². The molecule has 1 rings (SSSR count). The maximum atomic E-state index is 12.5. The number of rotatable bonds is 4. The summed E-state index contributed by atoms with van der Waals surface area (Å²) in [6.07, 6.45) is 4.16. The summed E-state index contributed by atoms with van der Waals surface area (Å²) < 4.78 is 0. The van der Waals surface area contributed by atoms with Crippen LogP contribution in [0.5, 0.6) is 0 Å². The number of nitrogens with one attached hydrogen (secondary N) is 1. The third kappa shape index (κ3) is 3.22. The molecule has 5 nitrogen and oxygen atoms in total. The van der Waals surface area contributed by atoms with Crippen LogP contribution in [-0.2, 0) is 9.59 Å². The van der Waals surface area contributed by atoms with Crippen molar-refractivity contribution >= 4 is 11.8 Å². The van der Waals surface area contributed by atoms with E-state index in [9.17, 15) is 9.59 Å². The molecule has 0 bridgehead atoms. The fourth-order valence-electron chi connectivity index (χ4n) is 2.57. The Hall–Kier alpha value is -1.10. The molecule has 1 heterocycles. The van der Waals surface area contributed by atoms with Gasteiger partial charge in [-0.1, -0.05) is 13.3 Å². The zero-order valence-corrected chi connectivity index (χ0v) is 11.7. The maximum Gasteiger partial charge on any atom is 0.243 e. The lowest BCUT2D eigenvalue weighted by molar-refractivity contribution is -0.146. The highest BCUT2D eigenvalue weighted by Crippen LogP contribution is 2.22. The van der Waals surface area contributed by atoms with E-state index in [0.717, 1.165) is 25.7 Å². The van der Waals surface area contributed by atoms with Gasteiger partial charge in [-0.3, -0.25) is 9.59 Å². The molecule has 0 spiro atoms. The largest absolute Gasteiger partial charge is 0.357 e. The first kappa shape index (κ1) is 15.0. The van der Waals surface area contributed by atoms with Crippen molar-refractivity contribution in [1.82, 2.24) is 10.2 Å². The second-order valence-corrected chi connectivity index (χ2v) is 5.29. The Morgan fingerprint density at radius 3 is 2.67 bits per heavy atom. The van der Waals surface area contributed by atoms with Gasteiger partial charge in [0.1, 0.15) is 6.04 Å². The van der Waals surface area contributed by atoms with Crippen molar-refractivity contribution in [3.63, 3.8) is 0 Å². The van der Waals surface area contributed by atoms with Crippen LogP contribution in [0.4, 0.5) is 0 Å². The van der Waals surface area contributed by atoms with Crippen molar-refractivity contribution in [3.05, 3.63) is 0 Å². The van der Waals surface area contributed by atoms with Crippen LogP contribution < -0.4 is 11.1 Å². The summed E-state index contributed by atoms with van der Waals surface area (Å²) in [6, 6.07) is -0.351. The van der Waals surface area contributed by atoms with Gasteiger partial charge in [0.05, 0.1) is 5.54 Å². The van der Waals surface area contributed by atoms with Gasteiger partial charge in [-0.05, 0) is 32.6 Å². The molecule has 1 fully saturated rings. The van der Waals surface area contributed by atoms with E-state index >= 15 is 0 Å². The normalized spacial score (nSPS) is 23.3. The van der Waals surface area contributed by atoms with E-state index < -0.39 is 5.54 Å². The van der Waals surface area contributed by atoms with E-state index in [1.54, 1.807) is 18.9 Å². The molecule has 1 saturated heterocycles. The Balaban J connectivity index is 2.83. The lowest BCUT2D eigenvalue weighted by Gasteiger charge is -2.39. The first-order chi connectivity index (χ1) is 8.44. The summed E-state index contributed by atoms with van der Waals surface area (Å²) in [5, 5.41) is 2.63. The number of carbonyl (C=O) groups is 2. The van der Waals surface area contributed by atoms with Crippen molar-refractivity contribution in [3.8, 4) is 0 Å². The minimum absolute atomic E-state index is 0.0876. The maximum absolute atomic E-state index is 12.5. The molecule has 0 aromatic carbocycles. The zero-order valence-electron chi connectivity index (χ0n) is 11.7. The van der Waals surface area contributed by atoms with Crippen molar-refractivity contribution in [2.45, 2.75) is 57.5 Å². The van der Waals surface area contributed by atoms with Crippen molar-refractivity contribution in [2.75, 3.05) is 13.6 Å². The summed E-state index contributed by atoms with van der Waals surface area (Å²) in [5.41, 5.74) is 5.22. The molecule has 5 heteroatoms. The Morgan fingerprint density at radius 1 is 1.44 bits per heavy atom. The summed E-state index contributed by atoms with van der Waals surface area (Å²) in [6.45, 7) is 4.40. The Labute approximate surface area is 109 Å². The van der Waals surface area contributed by atoms with E-state index in [1.165, 1.54) is 0 Å². The van der Waals surface area contributed by atoms with Gasteiger partial charge in [0, 0.05) is 13.6 Å². The first-order valence-electron chi connectivity index (χ1n) is 6.75. The lowest BCUT2D eigenvalue weighted by Crippen LogP contribution is -2.60. The molecule has 0 aromatic heterocycles. The topological polar surface area (TPSA) is 75.4 Å². The van der Waals surface area contributed by atoms with E-state index in [2.05, 4.69) is 5.32 Å². The molecular formula is C13H25N3O2. The average Bonchev–Trinajstić information content (AvgIpc) is 2.37. The molecule has 2 unspecified atom stereocenters. The number of likely N-dealkylation sites (N-methyl/N-ethyl adjacent to an activating group) is 1. The highest BCUT2D eigenvalue weighted by molar-refractivity contribution is 5.91. The zero-order chi connectivity index (χ0) is 13.8. The molecule has 18 heavy (non-hydrogen) atoms. The lowest BCUT2D eigenvalue weighted by atomic mass is 9.92. The van der Waals surface area contributed by atoms with Crippen molar-refractivity contribution in [1.29, 1.82) is 0 Å². The number of hydrogen-bond donors (Lipinski definition) is 2. The van der Waals surface area contributed by atoms with Crippen LogP contribution in [0.25, 0.3) is 0 Å². The van der Waals surface area contributed by atoms with Crippen LogP contribution in [0, 0.1) is 0 Å². The quantitative estimate of drug-likeness (QED) is 0.773. The van der Waals surface area contributed by atoms with Crippen LogP contribution >= 0.6 is 0 Å². The van der Waals surface area contributed by atoms with Crippen molar-refractivity contribution < 1.29 is 9.59 Å². The molecule has 1 aliphatic heterocycles. The minimum Gasteiger partial charge on any atom is -0.357 e. The highest BCUT2D eigenvalue weighted by Gasteiger charge is 2.38. The van der Waals surface area contributed by atoms with Crippen LogP contribution in [0.2, 0.25) is 0 Å². The standard InChI is InChI=1S/C13H25N3O2/c1-4-8-13(2,14)12(18)16-9-6-5-7-10(16)11(17)15-3/h10H,4-9,14H2,1-3H3,(H,15,17). The minimum atomic E-state index is -0.863. The van der Waals surface area contributed by atoms with Gasteiger partial charge in [0.2, 0.25) is 11.8 Å². The van der Waals surface area contributed by atoms with Gasteiger partial charge in [-0.15, -0.1) is 0 Å². The first-order valence-corrected chi connectivity index (χ1v) is 6.75. The van der Waals surface area contributed by atoms with Crippen LogP contribution in [0.15, 0.2) is 0 Å². The molecule has 3 N–H and O–H groups in total. The molecule has 1 aliphatic rings. The number of hydrogen-bond acceptors (Lipinski definition) is 3. The van der Waals surface area contributed by atoms with E-state index in [0.29, 0.717) is 13.0 Å². The predicted octanol–water partition coefficient (Wildman–Crippen LogP) is 0.631. The summed E-state index contributed by atoms with van der Waals surface area (Å²) in [4.78, 5) is 25.9. The Morgan fingerprint density at radius 2 is 2.11 bits per heavy atom. The molecule has 0 radical (unpaired) electrons. The summed E-state index contributed by atoms with van der Waals surface area (Å²) >= 11 is 0. The number of nitrogens with zero attached hydrogens (tertiary/aromatic N) is 1. The number of amides is 2. The molecule has 0 saturated carbocycles. The second kappa shape index (κ2) is 6.18. The van der Waals surface area contributed by atoms with E-state index in [1.807, 2.05) is 6.92 Å². The molecular weight excluding hydrogens is 230 g/mol. The SMILES string of the molecule is CCCC(C)(N)C(=O)N1CCCCC1C(=O)NC. The van der Waals surface area contributed by atoms with Gasteiger partial charge in [-0.2, -0.15) is 0 Å². The molecule has 0 aliphatic carbocycles. The summed E-state index contributed by atoms with van der Waals surface area (Å²) in [5.74, 6) is -0.187. The molecule has 2 atom stereocenters. The third-order valence-corrected chi connectivity index (χ3v) is 3.57. The van der Waals surface area contributed by atoms with E-state index in [-0.39, 0.29) is 17.9 Å². The number of piperidine rings is 1. The fraction of sp³-hybridized carbons (Fsp3) is 0.846. The Kier molecular flexibility index (Phi) is 5.14. The van der Waals surface area contributed by atoms with Gasteiger partial charge < -0.3 is 16.0 Å². The van der Waals surface area contributed by atoms with Gasteiger partial charge in [0.25, 0.3) is 0 Å². The Bertz CT molecular complexity index is 315. The number of nitrogens with two attached hydrogens (primary N) is 1. The monoisotopic (exact) mass is 255 g/mol. The number of likely N-dealkylation sites (tertiary alicyclic amines) is 1. The van der Waals surface area contributed by atoms with Crippen LogP contribution in [-0.4, -0.2) is 41.9 Å². The highest BCUT2D eigenvalue weighted by atomic mass is 16.2. The van der Waals surface area contributed by atoms with Gasteiger partial charge in [-0.25, -0.2) is 0 Å².